The Morgan fingerprint density at radius 2 is 1.61 bits per heavy atom. The van der Waals surface area contributed by atoms with Crippen LogP contribution in [-0.4, -0.2) is 23.9 Å². The first-order valence-corrected chi connectivity index (χ1v) is 7.93. The summed E-state index contributed by atoms with van der Waals surface area (Å²) in [5.74, 6) is 0.429. The lowest BCUT2D eigenvalue weighted by atomic mass is 9.78. The third-order valence-electron chi connectivity index (χ3n) is 4.32. The maximum absolute atomic E-state index is 12.5. The molecular weight excluding hydrogens is 222 g/mol. The number of rotatable bonds is 9. The molecule has 1 unspecified atom stereocenters. The van der Waals surface area contributed by atoms with Crippen molar-refractivity contribution in [2.75, 3.05) is 13.1 Å². The predicted octanol–water partition coefficient (Wildman–Crippen LogP) is 4.39. The monoisotopic (exact) mass is 253 g/mol. The first-order chi connectivity index (χ1) is 8.64. The van der Waals surface area contributed by atoms with Gasteiger partial charge in [0, 0.05) is 18.5 Å². The van der Waals surface area contributed by atoms with Crippen molar-refractivity contribution in [2.45, 2.75) is 78.6 Å². The molecule has 0 saturated carbocycles. The Hall–Kier alpha value is -0.530. The zero-order valence-electron chi connectivity index (χ0n) is 12.6. The van der Waals surface area contributed by atoms with Gasteiger partial charge < -0.3 is 4.90 Å². The summed E-state index contributed by atoms with van der Waals surface area (Å²) in [5.41, 5.74) is -0.0792. The molecule has 0 N–H and O–H groups in total. The molecule has 1 heterocycles. The van der Waals surface area contributed by atoms with E-state index in [1.807, 2.05) is 0 Å². The number of hydrogen-bond acceptors (Lipinski definition) is 1. The molecular formula is C16H31NO. The Morgan fingerprint density at radius 1 is 1.00 bits per heavy atom. The zero-order valence-corrected chi connectivity index (χ0v) is 12.6. The number of likely N-dealkylation sites (tertiary alicyclic amines) is 1. The van der Waals surface area contributed by atoms with E-state index < -0.39 is 0 Å². The maximum Gasteiger partial charge on any atom is 0.228 e. The summed E-state index contributed by atoms with van der Waals surface area (Å²) >= 11 is 0. The van der Waals surface area contributed by atoms with Crippen LogP contribution in [0.3, 0.4) is 0 Å². The average molecular weight is 253 g/mol. The minimum Gasteiger partial charge on any atom is -0.342 e. The topological polar surface area (TPSA) is 20.3 Å². The SMILES string of the molecule is CCCCCCC(C)(CCCC)C(=O)N1CCC1. The van der Waals surface area contributed by atoms with Crippen LogP contribution in [-0.2, 0) is 4.79 Å². The van der Waals surface area contributed by atoms with Crippen molar-refractivity contribution >= 4 is 5.91 Å². The van der Waals surface area contributed by atoms with Crippen LogP contribution in [0, 0.1) is 5.41 Å². The summed E-state index contributed by atoms with van der Waals surface area (Å²) in [7, 11) is 0. The highest BCUT2D eigenvalue weighted by molar-refractivity contribution is 5.82. The highest BCUT2D eigenvalue weighted by atomic mass is 16.2. The minimum atomic E-state index is -0.0792. The fourth-order valence-corrected chi connectivity index (χ4v) is 2.75. The van der Waals surface area contributed by atoms with Crippen LogP contribution in [0.4, 0.5) is 0 Å². The van der Waals surface area contributed by atoms with Gasteiger partial charge in [0.25, 0.3) is 0 Å². The molecule has 0 radical (unpaired) electrons. The van der Waals surface area contributed by atoms with Crippen molar-refractivity contribution < 1.29 is 4.79 Å². The molecule has 1 aliphatic heterocycles. The molecule has 2 heteroatoms. The second kappa shape index (κ2) is 7.81. The smallest absolute Gasteiger partial charge is 0.228 e. The normalized spacial score (nSPS) is 18.3. The third-order valence-corrected chi connectivity index (χ3v) is 4.32. The van der Waals surface area contributed by atoms with E-state index in [-0.39, 0.29) is 5.41 Å². The molecule has 1 amide bonds. The highest BCUT2D eigenvalue weighted by Gasteiger charge is 2.37. The molecule has 1 atom stereocenters. The van der Waals surface area contributed by atoms with E-state index in [2.05, 4.69) is 25.7 Å². The molecule has 0 aromatic rings. The molecule has 0 spiro atoms. The molecule has 2 nitrogen and oxygen atoms in total. The van der Waals surface area contributed by atoms with Gasteiger partial charge in [0.15, 0.2) is 0 Å². The van der Waals surface area contributed by atoms with Gasteiger partial charge in [0.05, 0.1) is 0 Å². The minimum absolute atomic E-state index is 0.0792. The largest absolute Gasteiger partial charge is 0.342 e. The molecule has 106 valence electrons. The van der Waals surface area contributed by atoms with Gasteiger partial charge in [-0.3, -0.25) is 4.79 Å². The van der Waals surface area contributed by atoms with Gasteiger partial charge in [-0.05, 0) is 19.3 Å². The van der Waals surface area contributed by atoms with Gasteiger partial charge in [0.1, 0.15) is 0 Å². The molecule has 1 saturated heterocycles. The van der Waals surface area contributed by atoms with Crippen LogP contribution in [0.15, 0.2) is 0 Å². The molecule has 1 fully saturated rings. The van der Waals surface area contributed by atoms with E-state index >= 15 is 0 Å². The molecule has 0 aromatic carbocycles. The van der Waals surface area contributed by atoms with Gasteiger partial charge in [-0.15, -0.1) is 0 Å². The lowest BCUT2D eigenvalue weighted by Gasteiger charge is -2.39. The van der Waals surface area contributed by atoms with Gasteiger partial charge in [-0.2, -0.15) is 0 Å². The first-order valence-electron chi connectivity index (χ1n) is 7.93. The quantitative estimate of drug-likeness (QED) is 0.558. The standard InChI is InChI=1S/C16H31NO/c1-4-6-8-9-12-16(3,11-7-5-2)15(18)17-13-10-14-17/h4-14H2,1-3H3. The van der Waals surface area contributed by atoms with E-state index in [4.69, 9.17) is 0 Å². The molecule has 0 aliphatic carbocycles. The third kappa shape index (κ3) is 4.29. The predicted molar refractivity (Wildman–Crippen MR) is 77.6 cm³/mol. The second-order valence-corrected chi connectivity index (χ2v) is 6.12. The Bertz CT molecular complexity index is 247. The zero-order chi connectivity index (χ0) is 13.4. The van der Waals surface area contributed by atoms with Crippen LogP contribution in [0.2, 0.25) is 0 Å². The fraction of sp³-hybridized carbons (Fsp3) is 0.938. The maximum atomic E-state index is 12.5. The van der Waals surface area contributed by atoms with Gasteiger partial charge in [-0.1, -0.05) is 59.3 Å². The molecule has 1 aliphatic rings. The van der Waals surface area contributed by atoms with Gasteiger partial charge in [0.2, 0.25) is 5.91 Å². The Balaban J connectivity index is 2.47. The van der Waals surface area contributed by atoms with Crippen molar-refractivity contribution in [3.8, 4) is 0 Å². The van der Waals surface area contributed by atoms with E-state index in [0.29, 0.717) is 5.91 Å². The van der Waals surface area contributed by atoms with Crippen molar-refractivity contribution in [3.63, 3.8) is 0 Å². The van der Waals surface area contributed by atoms with Crippen molar-refractivity contribution in [1.82, 2.24) is 4.90 Å². The van der Waals surface area contributed by atoms with E-state index in [9.17, 15) is 4.79 Å². The van der Waals surface area contributed by atoms with Crippen molar-refractivity contribution in [3.05, 3.63) is 0 Å². The lowest BCUT2D eigenvalue weighted by Crippen LogP contribution is -2.49. The number of unbranched alkanes of at least 4 members (excludes halogenated alkanes) is 4. The van der Waals surface area contributed by atoms with Gasteiger partial charge in [-0.25, -0.2) is 0 Å². The number of amides is 1. The molecule has 18 heavy (non-hydrogen) atoms. The number of carbonyl (C=O) groups excluding carboxylic acids is 1. The Kier molecular flexibility index (Phi) is 6.73. The highest BCUT2D eigenvalue weighted by Crippen LogP contribution is 2.34. The van der Waals surface area contributed by atoms with Crippen LogP contribution >= 0.6 is 0 Å². The summed E-state index contributed by atoms with van der Waals surface area (Å²) in [6.45, 7) is 8.65. The summed E-state index contributed by atoms with van der Waals surface area (Å²) in [6, 6.07) is 0. The summed E-state index contributed by atoms with van der Waals surface area (Å²) in [6.07, 6.45) is 10.8. The van der Waals surface area contributed by atoms with Crippen LogP contribution in [0.25, 0.3) is 0 Å². The van der Waals surface area contributed by atoms with E-state index in [1.54, 1.807) is 0 Å². The summed E-state index contributed by atoms with van der Waals surface area (Å²) in [5, 5.41) is 0. The second-order valence-electron chi connectivity index (χ2n) is 6.12. The van der Waals surface area contributed by atoms with Gasteiger partial charge >= 0.3 is 0 Å². The molecule has 0 aromatic heterocycles. The Labute approximate surface area is 113 Å². The van der Waals surface area contributed by atoms with Crippen molar-refractivity contribution in [2.24, 2.45) is 5.41 Å². The Morgan fingerprint density at radius 3 is 2.11 bits per heavy atom. The molecule has 1 rings (SSSR count). The summed E-state index contributed by atoms with van der Waals surface area (Å²) < 4.78 is 0. The summed E-state index contributed by atoms with van der Waals surface area (Å²) in [4.78, 5) is 14.6. The lowest BCUT2D eigenvalue weighted by molar-refractivity contribution is -0.146. The van der Waals surface area contributed by atoms with E-state index in [0.717, 1.165) is 25.9 Å². The van der Waals surface area contributed by atoms with Crippen molar-refractivity contribution in [1.29, 1.82) is 0 Å². The number of nitrogens with zero attached hydrogens (tertiary/aromatic N) is 1. The number of hydrogen-bond donors (Lipinski definition) is 0. The van der Waals surface area contributed by atoms with Crippen LogP contribution in [0.5, 0.6) is 0 Å². The van der Waals surface area contributed by atoms with Crippen LogP contribution < -0.4 is 0 Å². The molecule has 0 bridgehead atoms. The number of carbonyl (C=O) groups is 1. The van der Waals surface area contributed by atoms with Crippen LogP contribution in [0.1, 0.15) is 78.6 Å². The van der Waals surface area contributed by atoms with E-state index in [1.165, 1.54) is 44.9 Å². The average Bonchev–Trinajstić information content (AvgIpc) is 2.30. The fourth-order valence-electron chi connectivity index (χ4n) is 2.75. The first kappa shape index (κ1) is 15.5.